The van der Waals surface area contributed by atoms with Crippen LogP contribution in [0.5, 0.6) is 0 Å². The third-order valence-corrected chi connectivity index (χ3v) is 3.69. The van der Waals surface area contributed by atoms with Crippen molar-refractivity contribution in [3.05, 3.63) is 16.3 Å². The van der Waals surface area contributed by atoms with Crippen molar-refractivity contribution < 1.29 is 4.79 Å². The maximum absolute atomic E-state index is 10.4. The summed E-state index contributed by atoms with van der Waals surface area (Å²) in [5.74, 6) is 1.91. The quantitative estimate of drug-likeness (QED) is 0.549. The van der Waals surface area contributed by atoms with Gasteiger partial charge in [-0.2, -0.15) is 0 Å². The van der Waals surface area contributed by atoms with Gasteiger partial charge in [0.25, 0.3) is 0 Å². The SMILES string of the molecule is CC(C)CCSc1csc(C=O)c1. The summed E-state index contributed by atoms with van der Waals surface area (Å²) in [7, 11) is 0. The van der Waals surface area contributed by atoms with Gasteiger partial charge in [-0.05, 0) is 24.2 Å². The van der Waals surface area contributed by atoms with Crippen LogP contribution in [0.4, 0.5) is 0 Å². The van der Waals surface area contributed by atoms with E-state index in [1.807, 2.05) is 17.8 Å². The van der Waals surface area contributed by atoms with Crippen LogP contribution in [0.15, 0.2) is 16.3 Å². The molecule has 0 spiro atoms. The van der Waals surface area contributed by atoms with Crippen molar-refractivity contribution in [1.29, 1.82) is 0 Å². The first kappa shape index (κ1) is 10.8. The van der Waals surface area contributed by atoms with Gasteiger partial charge in [-0.15, -0.1) is 23.1 Å². The van der Waals surface area contributed by atoms with Crippen LogP contribution < -0.4 is 0 Å². The van der Waals surface area contributed by atoms with Gasteiger partial charge in [0, 0.05) is 10.3 Å². The number of carbonyl (C=O) groups excluding carboxylic acids is 1. The lowest BCUT2D eigenvalue weighted by atomic mass is 10.2. The number of thiophene rings is 1. The van der Waals surface area contributed by atoms with Gasteiger partial charge in [0.15, 0.2) is 6.29 Å². The molecule has 0 saturated carbocycles. The minimum Gasteiger partial charge on any atom is -0.297 e. The molecular weight excluding hydrogens is 200 g/mol. The Kier molecular flexibility index (Phi) is 4.53. The zero-order chi connectivity index (χ0) is 9.68. The highest BCUT2D eigenvalue weighted by atomic mass is 32.2. The average molecular weight is 214 g/mol. The molecule has 1 aromatic rings. The molecule has 1 heterocycles. The van der Waals surface area contributed by atoms with Gasteiger partial charge in [0.05, 0.1) is 4.88 Å². The molecule has 0 fully saturated rings. The average Bonchev–Trinajstić information content (AvgIpc) is 2.52. The van der Waals surface area contributed by atoms with Gasteiger partial charge < -0.3 is 0 Å². The molecule has 0 radical (unpaired) electrons. The molecule has 0 bridgehead atoms. The Hall–Kier alpha value is -0.280. The molecule has 0 N–H and O–H groups in total. The van der Waals surface area contributed by atoms with Crippen LogP contribution in [0.2, 0.25) is 0 Å². The van der Waals surface area contributed by atoms with Crippen molar-refractivity contribution in [2.75, 3.05) is 5.75 Å². The van der Waals surface area contributed by atoms with Gasteiger partial charge in [0.1, 0.15) is 0 Å². The number of carbonyl (C=O) groups is 1. The van der Waals surface area contributed by atoms with E-state index >= 15 is 0 Å². The first-order chi connectivity index (χ1) is 6.22. The number of hydrogen-bond donors (Lipinski definition) is 0. The highest BCUT2D eigenvalue weighted by molar-refractivity contribution is 7.99. The topological polar surface area (TPSA) is 17.1 Å². The third kappa shape index (κ3) is 3.96. The fourth-order valence-electron chi connectivity index (χ4n) is 0.884. The van der Waals surface area contributed by atoms with Crippen LogP contribution in [0, 0.1) is 5.92 Å². The maximum atomic E-state index is 10.4. The Morgan fingerprint density at radius 3 is 2.92 bits per heavy atom. The van der Waals surface area contributed by atoms with E-state index in [-0.39, 0.29) is 0 Å². The van der Waals surface area contributed by atoms with Crippen LogP contribution >= 0.6 is 23.1 Å². The smallest absolute Gasteiger partial charge is 0.160 e. The molecule has 72 valence electrons. The molecule has 0 aromatic carbocycles. The Labute approximate surface area is 87.5 Å². The zero-order valence-corrected chi connectivity index (χ0v) is 9.58. The Morgan fingerprint density at radius 1 is 1.62 bits per heavy atom. The van der Waals surface area contributed by atoms with Gasteiger partial charge in [0.2, 0.25) is 0 Å². The summed E-state index contributed by atoms with van der Waals surface area (Å²) in [5.41, 5.74) is 0. The van der Waals surface area contributed by atoms with Crippen molar-refractivity contribution in [2.45, 2.75) is 25.2 Å². The van der Waals surface area contributed by atoms with E-state index in [4.69, 9.17) is 0 Å². The number of aldehydes is 1. The summed E-state index contributed by atoms with van der Waals surface area (Å²) < 4.78 is 0. The van der Waals surface area contributed by atoms with Gasteiger partial charge >= 0.3 is 0 Å². The highest BCUT2D eigenvalue weighted by Crippen LogP contribution is 2.25. The molecule has 3 heteroatoms. The monoisotopic (exact) mass is 214 g/mol. The highest BCUT2D eigenvalue weighted by Gasteiger charge is 2.00. The predicted molar refractivity (Wildman–Crippen MR) is 59.9 cm³/mol. The Balaban J connectivity index is 2.32. The van der Waals surface area contributed by atoms with Crippen molar-refractivity contribution in [3.8, 4) is 0 Å². The first-order valence-corrected chi connectivity index (χ1v) is 6.25. The number of thioether (sulfide) groups is 1. The van der Waals surface area contributed by atoms with Crippen LogP contribution in [0.25, 0.3) is 0 Å². The standard InChI is InChI=1S/C10H14OS2/c1-8(2)3-4-12-10-5-9(6-11)13-7-10/h5-8H,3-4H2,1-2H3. The predicted octanol–water partition coefficient (Wildman–Crippen LogP) is 3.70. The van der Waals surface area contributed by atoms with Crippen LogP contribution in [-0.2, 0) is 0 Å². The summed E-state index contributed by atoms with van der Waals surface area (Å²) in [5, 5.41) is 2.05. The van der Waals surface area contributed by atoms with Crippen LogP contribution in [0.1, 0.15) is 29.9 Å². The van der Waals surface area contributed by atoms with Gasteiger partial charge in [-0.25, -0.2) is 0 Å². The van der Waals surface area contributed by atoms with E-state index in [1.54, 1.807) is 0 Å². The van der Waals surface area contributed by atoms with Crippen molar-refractivity contribution in [1.82, 2.24) is 0 Å². The van der Waals surface area contributed by atoms with Gasteiger partial charge in [-0.3, -0.25) is 4.79 Å². The lowest BCUT2D eigenvalue weighted by Gasteiger charge is -2.01. The van der Waals surface area contributed by atoms with Crippen LogP contribution in [0.3, 0.4) is 0 Å². The fourth-order valence-corrected chi connectivity index (χ4v) is 2.98. The molecule has 0 aliphatic rings. The second-order valence-corrected chi connectivity index (χ2v) is 5.44. The van der Waals surface area contributed by atoms with Crippen molar-refractivity contribution in [3.63, 3.8) is 0 Å². The summed E-state index contributed by atoms with van der Waals surface area (Å²) in [6, 6.07) is 1.96. The molecule has 0 amide bonds. The van der Waals surface area contributed by atoms with Crippen molar-refractivity contribution in [2.24, 2.45) is 5.92 Å². The zero-order valence-electron chi connectivity index (χ0n) is 7.95. The summed E-state index contributed by atoms with van der Waals surface area (Å²) in [6.07, 6.45) is 2.15. The fraction of sp³-hybridized carbons (Fsp3) is 0.500. The van der Waals surface area contributed by atoms with E-state index in [9.17, 15) is 4.79 Å². The molecule has 13 heavy (non-hydrogen) atoms. The van der Waals surface area contributed by atoms with E-state index < -0.39 is 0 Å². The summed E-state index contributed by atoms with van der Waals surface area (Å²) in [4.78, 5) is 12.5. The maximum Gasteiger partial charge on any atom is 0.160 e. The lowest BCUT2D eigenvalue weighted by Crippen LogP contribution is -1.88. The minimum absolute atomic E-state index is 0.761. The molecule has 0 atom stereocenters. The largest absolute Gasteiger partial charge is 0.297 e. The molecule has 1 nitrogen and oxygen atoms in total. The van der Waals surface area contributed by atoms with Crippen molar-refractivity contribution >= 4 is 29.4 Å². The molecule has 0 unspecified atom stereocenters. The molecule has 1 aromatic heterocycles. The molecule has 0 saturated heterocycles. The van der Waals surface area contributed by atoms with E-state index in [2.05, 4.69) is 19.2 Å². The molecule has 1 rings (SSSR count). The minimum atomic E-state index is 0.761. The number of hydrogen-bond acceptors (Lipinski definition) is 3. The normalized spacial score (nSPS) is 10.7. The first-order valence-electron chi connectivity index (χ1n) is 4.39. The van der Waals surface area contributed by atoms with E-state index in [1.165, 1.54) is 22.7 Å². The second-order valence-electron chi connectivity index (χ2n) is 3.33. The van der Waals surface area contributed by atoms with Gasteiger partial charge in [-0.1, -0.05) is 13.8 Å². The lowest BCUT2D eigenvalue weighted by molar-refractivity contribution is 0.112. The molecule has 0 aliphatic heterocycles. The van der Waals surface area contributed by atoms with Crippen LogP contribution in [-0.4, -0.2) is 12.0 Å². The van der Waals surface area contributed by atoms with E-state index in [0.29, 0.717) is 0 Å². The Morgan fingerprint density at radius 2 is 2.38 bits per heavy atom. The van der Waals surface area contributed by atoms with E-state index in [0.717, 1.165) is 22.8 Å². The molecule has 0 aliphatic carbocycles. The third-order valence-electron chi connectivity index (χ3n) is 1.68. The Bertz CT molecular complexity index is 266. The molecular formula is C10H14OS2. The second kappa shape index (κ2) is 5.45. The summed E-state index contributed by atoms with van der Waals surface area (Å²) >= 11 is 3.36. The summed E-state index contributed by atoms with van der Waals surface area (Å²) in [6.45, 7) is 4.45. The number of rotatable bonds is 5.